The van der Waals surface area contributed by atoms with E-state index in [0.29, 0.717) is 54.6 Å². The largest absolute Gasteiger partial charge is 0.486 e. The van der Waals surface area contributed by atoms with Gasteiger partial charge in [-0.25, -0.2) is 0 Å². The molecule has 1 spiro atoms. The first-order chi connectivity index (χ1) is 13.4. The van der Waals surface area contributed by atoms with Gasteiger partial charge in [0, 0.05) is 35.9 Å². The van der Waals surface area contributed by atoms with Crippen molar-refractivity contribution in [3.05, 3.63) is 28.8 Å². The highest BCUT2D eigenvalue weighted by atomic mass is 35.5. The highest BCUT2D eigenvalue weighted by molar-refractivity contribution is 6.31. The highest BCUT2D eigenvalue weighted by Gasteiger charge is 2.71. The molecule has 2 amide bonds. The van der Waals surface area contributed by atoms with Gasteiger partial charge in [0.15, 0.2) is 5.78 Å². The van der Waals surface area contributed by atoms with Gasteiger partial charge in [0.05, 0.1) is 12.0 Å². The zero-order valence-electron chi connectivity index (χ0n) is 15.5. The van der Waals surface area contributed by atoms with E-state index in [1.165, 1.54) is 0 Å². The lowest BCUT2D eigenvalue weighted by atomic mass is 9.84. The average Bonchev–Trinajstić information content (AvgIpc) is 3.32. The number of benzene rings is 1. The van der Waals surface area contributed by atoms with Gasteiger partial charge in [-0.1, -0.05) is 11.6 Å². The number of ether oxygens (including phenoxy) is 1. The molecule has 0 aromatic heterocycles. The Hall–Kier alpha value is -2.08. The maximum Gasteiger partial charge on any atom is 0.226 e. The first kappa shape index (κ1) is 18.0. The number of primary amides is 1. The molecule has 28 heavy (non-hydrogen) atoms. The molecule has 1 saturated heterocycles. The summed E-state index contributed by atoms with van der Waals surface area (Å²) >= 11 is 6.02. The molecule has 1 aromatic carbocycles. The summed E-state index contributed by atoms with van der Waals surface area (Å²) < 4.78 is 6.36. The smallest absolute Gasteiger partial charge is 0.226 e. The molecule has 2 saturated carbocycles. The number of nitrogens with zero attached hydrogens (tertiary/aromatic N) is 1. The normalized spacial score (nSPS) is 34.0. The van der Waals surface area contributed by atoms with Crippen molar-refractivity contribution in [2.24, 2.45) is 29.4 Å². The first-order valence-corrected chi connectivity index (χ1v) is 10.4. The predicted molar refractivity (Wildman–Crippen MR) is 102 cm³/mol. The van der Waals surface area contributed by atoms with Crippen LogP contribution in [0, 0.1) is 23.7 Å². The Labute approximate surface area is 168 Å². The van der Waals surface area contributed by atoms with E-state index < -0.39 is 5.60 Å². The van der Waals surface area contributed by atoms with Crippen LogP contribution in [0.5, 0.6) is 5.75 Å². The minimum Gasteiger partial charge on any atom is -0.486 e. The third-order valence-electron chi connectivity index (χ3n) is 7.19. The molecular weight excluding hydrogens is 380 g/mol. The first-order valence-electron chi connectivity index (χ1n) is 9.99. The molecule has 1 aromatic rings. The molecule has 0 bridgehead atoms. The van der Waals surface area contributed by atoms with Crippen LogP contribution in [0.1, 0.15) is 42.5 Å². The lowest BCUT2D eigenvalue weighted by Gasteiger charge is -2.38. The van der Waals surface area contributed by atoms with E-state index in [4.69, 9.17) is 22.1 Å². The Kier molecular flexibility index (Phi) is 3.99. The average molecular weight is 403 g/mol. The summed E-state index contributed by atoms with van der Waals surface area (Å²) in [7, 11) is 0. The van der Waals surface area contributed by atoms with Gasteiger partial charge >= 0.3 is 0 Å². The van der Waals surface area contributed by atoms with Gasteiger partial charge < -0.3 is 15.4 Å². The van der Waals surface area contributed by atoms with Crippen molar-refractivity contribution < 1.29 is 19.1 Å². The van der Waals surface area contributed by atoms with Gasteiger partial charge in [0.2, 0.25) is 11.8 Å². The number of fused-ring (bicyclic) bond motifs is 3. The maximum absolute atomic E-state index is 13.1. The second-order valence-corrected chi connectivity index (χ2v) is 9.10. The van der Waals surface area contributed by atoms with E-state index in [1.807, 2.05) is 4.90 Å². The van der Waals surface area contributed by atoms with Crippen LogP contribution >= 0.6 is 11.6 Å². The van der Waals surface area contributed by atoms with Gasteiger partial charge in [0.25, 0.3) is 0 Å². The number of nitrogens with two attached hydrogens (primary N) is 1. The molecule has 2 aliphatic heterocycles. The van der Waals surface area contributed by atoms with E-state index >= 15 is 0 Å². The lowest BCUT2D eigenvalue weighted by Crippen LogP contribution is -2.46. The maximum atomic E-state index is 13.1. The molecule has 2 N–H and O–H groups in total. The molecule has 148 valence electrons. The predicted octanol–water partition coefficient (Wildman–Crippen LogP) is 2.42. The number of hydrogen-bond acceptors (Lipinski definition) is 4. The van der Waals surface area contributed by atoms with Crippen LogP contribution in [-0.4, -0.2) is 41.2 Å². The van der Waals surface area contributed by atoms with Gasteiger partial charge in [-0.3, -0.25) is 14.4 Å². The zero-order chi connectivity index (χ0) is 19.6. The van der Waals surface area contributed by atoms with Crippen LogP contribution < -0.4 is 10.5 Å². The number of amides is 2. The molecule has 7 heteroatoms. The number of Topliss-reactive ketones (excluding diaryl/α,β-unsaturated/α-hetero) is 1. The van der Waals surface area contributed by atoms with Gasteiger partial charge in [-0.15, -0.1) is 0 Å². The quantitative estimate of drug-likeness (QED) is 0.822. The fourth-order valence-electron chi connectivity index (χ4n) is 5.72. The van der Waals surface area contributed by atoms with E-state index in [2.05, 4.69) is 0 Å². The van der Waals surface area contributed by atoms with Crippen molar-refractivity contribution in [3.8, 4) is 5.75 Å². The number of carbonyl (C=O) groups excluding carboxylic acids is 3. The van der Waals surface area contributed by atoms with E-state index in [1.54, 1.807) is 18.2 Å². The van der Waals surface area contributed by atoms with Gasteiger partial charge in [0.1, 0.15) is 11.4 Å². The van der Waals surface area contributed by atoms with Gasteiger partial charge in [-0.2, -0.15) is 0 Å². The summed E-state index contributed by atoms with van der Waals surface area (Å²) in [6.45, 7) is 1.16. The van der Waals surface area contributed by atoms with Crippen LogP contribution in [0.2, 0.25) is 5.02 Å². The Balaban J connectivity index is 1.32. The minimum absolute atomic E-state index is 0.0461. The van der Waals surface area contributed by atoms with Crippen molar-refractivity contribution in [1.82, 2.24) is 4.90 Å². The number of rotatable bonds is 2. The van der Waals surface area contributed by atoms with Crippen LogP contribution in [0.4, 0.5) is 0 Å². The highest BCUT2D eigenvalue weighted by Crippen LogP contribution is 2.66. The van der Waals surface area contributed by atoms with Crippen molar-refractivity contribution >= 4 is 29.2 Å². The van der Waals surface area contributed by atoms with E-state index in [0.717, 1.165) is 12.8 Å². The van der Waals surface area contributed by atoms with Crippen LogP contribution in [0.3, 0.4) is 0 Å². The van der Waals surface area contributed by atoms with Crippen molar-refractivity contribution in [1.29, 1.82) is 0 Å². The van der Waals surface area contributed by atoms with Crippen molar-refractivity contribution in [2.45, 2.75) is 37.7 Å². The number of halogens is 1. The number of hydrogen-bond donors (Lipinski definition) is 1. The Bertz CT molecular complexity index is 879. The summed E-state index contributed by atoms with van der Waals surface area (Å²) in [5, 5.41) is 0.523. The Morgan fingerprint density at radius 1 is 1.21 bits per heavy atom. The minimum atomic E-state index is -0.561. The fourth-order valence-corrected chi connectivity index (χ4v) is 5.89. The van der Waals surface area contributed by atoms with Crippen molar-refractivity contribution in [3.63, 3.8) is 0 Å². The molecule has 4 atom stereocenters. The standard InChI is InChI=1S/C21H23ClN2O4/c22-12-1-2-16-14(9-12)15(25)10-21(28-16)6-3-13-17(18(13)21)20(27)24-7-4-11(5-8-24)19(23)26/h1-2,9,11,13,17-18H,3-8,10H2,(H2,23,26)/t13-,17+,18-,21-/m0/s1. The van der Waals surface area contributed by atoms with Crippen molar-refractivity contribution in [2.75, 3.05) is 13.1 Å². The Morgan fingerprint density at radius 3 is 2.68 bits per heavy atom. The summed E-state index contributed by atoms with van der Waals surface area (Å²) in [6.07, 6.45) is 3.31. The molecule has 5 rings (SSSR count). The van der Waals surface area contributed by atoms with E-state index in [9.17, 15) is 14.4 Å². The van der Waals surface area contributed by atoms with Crippen LogP contribution in [0.25, 0.3) is 0 Å². The van der Waals surface area contributed by atoms with Crippen LogP contribution in [0.15, 0.2) is 18.2 Å². The molecule has 3 fully saturated rings. The third kappa shape index (κ3) is 2.65. The number of likely N-dealkylation sites (tertiary alicyclic amines) is 1. The molecule has 0 radical (unpaired) electrons. The monoisotopic (exact) mass is 402 g/mol. The molecular formula is C21H23ClN2O4. The second-order valence-electron chi connectivity index (χ2n) is 8.66. The Morgan fingerprint density at radius 2 is 1.96 bits per heavy atom. The summed E-state index contributed by atoms with van der Waals surface area (Å²) in [4.78, 5) is 39.1. The molecule has 2 heterocycles. The zero-order valence-corrected chi connectivity index (χ0v) is 16.3. The number of carbonyl (C=O) groups is 3. The number of piperidine rings is 1. The summed E-state index contributed by atoms with van der Waals surface area (Å²) in [5.41, 5.74) is 5.37. The summed E-state index contributed by atoms with van der Waals surface area (Å²) in [5.74, 6) is 0.700. The molecule has 2 aliphatic carbocycles. The fraction of sp³-hybridized carbons (Fsp3) is 0.571. The molecule has 4 aliphatic rings. The lowest BCUT2D eigenvalue weighted by molar-refractivity contribution is -0.137. The summed E-state index contributed by atoms with van der Waals surface area (Å²) in [6, 6.07) is 5.16. The SMILES string of the molecule is NC(=O)C1CCN(C(=O)[C@@H]2[C@@H]3CC[C@]4(CC(=O)c5cc(Cl)ccc5O4)[C@@H]32)CC1. The van der Waals surface area contributed by atoms with E-state index in [-0.39, 0.29) is 35.4 Å². The van der Waals surface area contributed by atoms with Gasteiger partial charge in [-0.05, 0) is 49.8 Å². The molecule has 0 unspecified atom stereocenters. The second kappa shape index (κ2) is 6.21. The molecule has 6 nitrogen and oxygen atoms in total. The third-order valence-corrected chi connectivity index (χ3v) is 7.42. The van der Waals surface area contributed by atoms with Crippen LogP contribution in [-0.2, 0) is 9.59 Å². The topological polar surface area (TPSA) is 89.7 Å². The number of ketones is 1.